The van der Waals surface area contributed by atoms with Crippen LogP contribution in [0.1, 0.15) is 18.4 Å². The lowest BCUT2D eigenvalue weighted by Gasteiger charge is -2.32. The Morgan fingerprint density at radius 2 is 1.69 bits per heavy atom. The third-order valence-electron chi connectivity index (χ3n) is 5.66. The molecular weight excluding hydrogens is 408 g/mol. The Morgan fingerprint density at radius 3 is 2.38 bits per heavy atom. The van der Waals surface area contributed by atoms with E-state index in [0.717, 1.165) is 30.6 Å². The molecule has 1 aliphatic heterocycles. The predicted octanol–water partition coefficient (Wildman–Crippen LogP) is 3.49. The van der Waals surface area contributed by atoms with E-state index in [2.05, 4.69) is 16.0 Å². The maximum atomic E-state index is 12.6. The van der Waals surface area contributed by atoms with Gasteiger partial charge in [-0.25, -0.2) is 9.59 Å². The van der Waals surface area contributed by atoms with Crippen LogP contribution in [0.25, 0.3) is 0 Å². The molecule has 2 aromatic rings. The van der Waals surface area contributed by atoms with Gasteiger partial charge < -0.3 is 30.3 Å². The zero-order valence-corrected chi connectivity index (χ0v) is 18.7. The highest BCUT2D eigenvalue weighted by atomic mass is 16.5. The molecule has 4 amide bonds. The fourth-order valence-electron chi connectivity index (χ4n) is 3.69. The maximum absolute atomic E-state index is 12.6. The van der Waals surface area contributed by atoms with Gasteiger partial charge in [0.15, 0.2) is 0 Å². The molecule has 3 N–H and O–H groups in total. The van der Waals surface area contributed by atoms with Crippen molar-refractivity contribution < 1.29 is 19.1 Å². The Kier molecular flexibility index (Phi) is 8.60. The van der Waals surface area contributed by atoms with Crippen LogP contribution in [0.3, 0.4) is 0 Å². The molecule has 0 bridgehead atoms. The molecule has 2 aromatic carbocycles. The average molecular weight is 441 g/mol. The zero-order chi connectivity index (χ0) is 22.8. The van der Waals surface area contributed by atoms with Gasteiger partial charge in [0.1, 0.15) is 11.5 Å². The number of anilines is 1. The van der Waals surface area contributed by atoms with Crippen LogP contribution in [-0.4, -0.2) is 57.4 Å². The minimum atomic E-state index is -0.158. The number of nitrogens with zero attached hydrogens (tertiary/aromatic N) is 1. The molecule has 1 heterocycles. The number of urea groups is 2. The fraction of sp³-hybridized carbons (Fsp3) is 0.417. The predicted molar refractivity (Wildman–Crippen MR) is 124 cm³/mol. The molecule has 3 rings (SSSR count). The largest absolute Gasteiger partial charge is 0.497 e. The van der Waals surface area contributed by atoms with E-state index >= 15 is 0 Å². The first-order chi connectivity index (χ1) is 15.6. The lowest BCUT2D eigenvalue weighted by molar-refractivity contribution is 0.180. The number of hydrogen-bond acceptors (Lipinski definition) is 4. The van der Waals surface area contributed by atoms with Crippen LogP contribution in [0.15, 0.2) is 48.5 Å². The van der Waals surface area contributed by atoms with Crippen LogP contribution in [0.4, 0.5) is 15.3 Å². The summed E-state index contributed by atoms with van der Waals surface area (Å²) in [4.78, 5) is 26.4. The third kappa shape index (κ3) is 6.80. The molecule has 1 aliphatic rings. The number of hydrogen-bond donors (Lipinski definition) is 3. The Balaban J connectivity index is 1.32. The highest BCUT2D eigenvalue weighted by molar-refractivity contribution is 5.91. The summed E-state index contributed by atoms with van der Waals surface area (Å²) in [6, 6.07) is 14.9. The number of rotatable bonds is 8. The summed E-state index contributed by atoms with van der Waals surface area (Å²) in [5.74, 6) is 1.82. The topological polar surface area (TPSA) is 91.9 Å². The number of amides is 4. The number of benzene rings is 2. The number of carbonyl (C=O) groups is 2. The number of para-hydroxylation sites is 2. The molecule has 1 saturated heterocycles. The van der Waals surface area contributed by atoms with Crippen molar-refractivity contribution in [2.24, 2.45) is 5.92 Å². The number of methoxy groups -OCH3 is 2. The van der Waals surface area contributed by atoms with Crippen LogP contribution >= 0.6 is 0 Å². The van der Waals surface area contributed by atoms with Gasteiger partial charge in [-0.2, -0.15) is 0 Å². The quantitative estimate of drug-likeness (QED) is 0.586. The van der Waals surface area contributed by atoms with E-state index in [-0.39, 0.29) is 12.1 Å². The molecular formula is C24H32N4O4. The second-order valence-electron chi connectivity index (χ2n) is 7.80. The van der Waals surface area contributed by atoms with Gasteiger partial charge in [0.2, 0.25) is 0 Å². The molecule has 0 unspecified atom stereocenters. The van der Waals surface area contributed by atoms with E-state index in [4.69, 9.17) is 9.47 Å². The summed E-state index contributed by atoms with van der Waals surface area (Å²) in [6.45, 7) is 2.49. The average Bonchev–Trinajstić information content (AvgIpc) is 2.84. The molecule has 0 spiro atoms. The Morgan fingerprint density at radius 1 is 0.969 bits per heavy atom. The highest BCUT2D eigenvalue weighted by Crippen LogP contribution is 2.24. The van der Waals surface area contributed by atoms with Crippen molar-refractivity contribution >= 4 is 17.7 Å². The number of carbonyl (C=O) groups excluding carboxylic acids is 2. The maximum Gasteiger partial charge on any atom is 0.321 e. The van der Waals surface area contributed by atoms with Gasteiger partial charge in [-0.05, 0) is 55.0 Å². The number of likely N-dealkylation sites (tertiary alicyclic amines) is 1. The lowest BCUT2D eigenvalue weighted by Crippen LogP contribution is -2.45. The molecule has 0 atom stereocenters. The Hall–Kier alpha value is -3.42. The van der Waals surface area contributed by atoms with Crippen LogP contribution in [0.2, 0.25) is 0 Å². The minimum Gasteiger partial charge on any atom is -0.497 e. The molecule has 8 heteroatoms. The SMILES string of the molecule is COc1ccc(CCNC(=O)NCC2CCN(C(=O)Nc3ccccc3OC)CC2)cc1. The highest BCUT2D eigenvalue weighted by Gasteiger charge is 2.23. The molecule has 0 aromatic heterocycles. The minimum absolute atomic E-state index is 0.128. The van der Waals surface area contributed by atoms with Crippen LogP contribution in [0.5, 0.6) is 11.5 Å². The summed E-state index contributed by atoms with van der Waals surface area (Å²) >= 11 is 0. The summed E-state index contributed by atoms with van der Waals surface area (Å²) < 4.78 is 10.4. The van der Waals surface area contributed by atoms with E-state index in [1.54, 1.807) is 19.1 Å². The van der Waals surface area contributed by atoms with Gasteiger partial charge in [-0.3, -0.25) is 0 Å². The fourth-order valence-corrected chi connectivity index (χ4v) is 3.69. The number of ether oxygens (including phenoxy) is 2. The monoisotopic (exact) mass is 440 g/mol. The van der Waals surface area contributed by atoms with E-state index in [1.165, 1.54) is 0 Å². The van der Waals surface area contributed by atoms with Crippen molar-refractivity contribution in [1.29, 1.82) is 0 Å². The van der Waals surface area contributed by atoms with Gasteiger partial charge in [-0.15, -0.1) is 0 Å². The lowest BCUT2D eigenvalue weighted by atomic mass is 9.97. The van der Waals surface area contributed by atoms with E-state index in [9.17, 15) is 9.59 Å². The molecule has 0 aliphatic carbocycles. The van der Waals surface area contributed by atoms with Crippen LogP contribution in [0, 0.1) is 5.92 Å². The van der Waals surface area contributed by atoms with Gasteiger partial charge in [0.25, 0.3) is 0 Å². The van der Waals surface area contributed by atoms with Crippen molar-refractivity contribution in [2.75, 3.05) is 45.7 Å². The van der Waals surface area contributed by atoms with E-state index in [1.807, 2.05) is 48.5 Å². The summed E-state index contributed by atoms with van der Waals surface area (Å²) in [5.41, 5.74) is 1.81. The molecule has 0 saturated carbocycles. The Bertz CT molecular complexity index is 880. The van der Waals surface area contributed by atoms with Gasteiger partial charge >= 0.3 is 12.1 Å². The van der Waals surface area contributed by atoms with Crippen molar-refractivity contribution in [2.45, 2.75) is 19.3 Å². The van der Waals surface area contributed by atoms with Crippen LogP contribution in [-0.2, 0) is 6.42 Å². The molecule has 1 fully saturated rings. The normalized spacial score (nSPS) is 13.9. The molecule has 8 nitrogen and oxygen atoms in total. The number of piperidine rings is 1. The first kappa shape index (κ1) is 23.2. The van der Waals surface area contributed by atoms with Crippen molar-refractivity contribution in [3.8, 4) is 11.5 Å². The second kappa shape index (κ2) is 11.8. The van der Waals surface area contributed by atoms with E-state index in [0.29, 0.717) is 43.5 Å². The number of nitrogens with one attached hydrogen (secondary N) is 3. The molecule has 32 heavy (non-hydrogen) atoms. The first-order valence-corrected chi connectivity index (χ1v) is 10.9. The molecule has 172 valence electrons. The van der Waals surface area contributed by atoms with Gasteiger partial charge in [0.05, 0.1) is 19.9 Å². The van der Waals surface area contributed by atoms with Crippen molar-refractivity contribution in [1.82, 2.24) is 15.5 Å². The zero-order valence-electron chi connectivity index (χ0n) is 18.7. The van der Waals surface area contributed by atoms with Gasteiger partial charge in [-0.1, -0.05) is 24.3 Å². The standard InChI is InChI=1S/C24H32N4O4/c1-31-20-9-7-18(8-10-20)11-14-25-23(29)26-17-19-12-15-28(16-13-19)24(30)27-21-5-3-4-6-22(21)32-2/h3-10,19H,11-17H2,1-2H3,(H,27,30)(H2,25,26,29). The summed E-state index contributed by atoms with van der Waals surface area (Å²) in [7, 11) is 3.22. The smallest absolute Gasteiger partial charge is 0.321 e. The summed E-state index contributed by atoms with van der Waals surface area (Å²) in [5, 5.41) is 8.76. The van der Waals surface area contributed by atoms with Gasteiger partial charge in [0, 0.05) is 26.2 Å². The molecule has 0 radical (unpaired) electrons. The first-order valence-electron chi connectivity index (χ1n) is 10.9. The van der Waals surface area contributed by atoms with Crippen LogP contribution < -0.4 is 25.4 Å². The third-order valence-corrected chi connectivity index (χ3v) is 5.66. The van der Waals surface area contributed by atoms with Crippen molar-refractivity contribution in [3.05, 3.63) is 54.1 Å². The second-order valence-corrected chi connectivity index (χ2v) is 7.80. The van der Waals surface area contributed by atoms with Crippen molar-refractivity contribution in [3.63, 3.8) is 0 Å². The summed E-state index contributed by atoms with van der Waals surface area (Å²) in [6.07, 6.45) is 2.47. The van der Waals surface area contributed by atoms with E-state index < -0.39 is 0 Å². The Labute approximate surface area is 189 Å².